The van der Waals surface area contributed by atoms with Crippen molar-refractivity contribution in [2.24, 2.45) is 5.73 Å². The predicted octanol–water partition coefficient (Wildman–Crippen LogP) is 4.00. The minimum atomic E-state index is -0.453. The Balaban J connectivity index is 2.60. The molecule has 0 radical (unpaired) electrons. The van der Waals surface area contributed by atoms with Crippen molar-refractivity contribution in [1.29, 1.82) is 0 Å². The molecule has 0 spiro atoms. The molecule has 142 valence electrons. The average Bonchev–Trinajstić information content (AvgIpc) is 2.85. The summed E-state index contributed by atoms with van der Waals surface area (Å²) in [6.07, 6.45) is 3.88. The van der Waals surface area contributed by atoms with Gasteiger partial charge >= 0.3 is 0 Å². The summed E-state index contributed by atoms with van der Waals surface area (Å²) in [5.74, 6) is -0.761. The predicted molar refractivity (Wildman–Crippen MR) is 105 cm³/mol. The van der Waals surface area contributed by atoms with E-state index < -0.39 is 5.91 Å². The van der Waals surface area contributed by atoms with Gasteiger partial charge in [0, 0.05) is 23.5 Å². The molecule has 4 nitrogen and oxygen atoms in total. The van der Waals surface area contributed by atoms with Crippen LogP contribution in [-0.2, 0) is 13.0 Å². The Morgan fingerprint density at radius 2 is 2.00 bits per heavy atom. The molecule has 5 heteroatoms. The molecule has 1 amide bonds. The zero-order valence-electron chi connectivity index (χ0n) is 16.3. The summed E-state index contributed by atoms with van der Waals surface area (Å²) < 4.78 is 16.0. The van der Waals surface area contributed by atoms with Crippen LogP contribution in [0.1, 0.15) is 47.9 Å². The van der Waals surface area contributed by atoms with Gasteiger partial charge < -0.3 is 15.2 Å². The third-order valence-electron chi connectivity index (χ3n) is 4.74. The van der Waals surface area contributed by atoms with E-state index in [4.69, 9.17) is 5.73 Å². The molecule has 0 unspecified atom stereocenters. The summed E-state index contributed by atoms with van der Waals surface area (Å²) in [5, 5.41) is 0. The number of unbranched alkanes of at least 4 members (excludes halogenated alkanes) is 1. The summed E-state index contributed by atoms with van der Waals surface area (Å²) in [6, 6.07) is 6.43. The number of rotatable bonds is 9. The minimum absolute atomic E-state index is 0.308. The quantitative estimate of drug-likeness (QED) is 0.736. The lowest BCUT2D eigenvalue weighted by atomic mass is 9.97. The van der Waals surface area contributed by atoms with Gasteiger partial charge in [0.25, 0.3) is 5.91 Å². The molecule has 0 saturated heterocycles. The molecule has 0 saturated carbocycles. The fraction of sp³-hybridized carbons (Fsp3) is 0.476. The highest BCUT2D eigenvalue weighted by Crippen LogP contribution is 2.34. The summed E-state index contributed by atoms with van der Waals surface area (Å²) in [6.45, 7) is 5.86. The van der Waals surface area contributed by atoms with Crippen molar-refractivity contribution in [2.75, 3.05) is 20.6 Å². The van der Waals surface area contributed by atoms with Crippen LogP contribution < -0.4 is 5.73 Å². The van der Waals surface area contributed by atoms with Crippen LogP contribution in [0.15, 0.2) is 24.3 Å². The van der Waals surface area contributed by atoms with Crippen molar-refractivity contribution >= 4 is 5.91 Å². The molecule has 2 rings (SSSR count). The Bertz CT molecular complexity index is 765. The summed E-state index contributed by atoms with van der Waals surface area (Å²) in [7, 11) is 4.10. The number of carbonyl (C=O) groups is 1. The molecule has 2 N–H and O–H groups in total. The van der Waals surface area contributed by atoms with Crippen LogP contribution in [0.3, 0.4) is 0 Å². The number of hydrogen-bond acceptors (Lipinski definition) is 2. The summed E-state index contributed by atoms with van der Waals surface area (Å²) in [4.78, 5) is 14.4. The van der Waals surface area contributed by atoms with Gasteiger partial charge in [-0.2, -0.15) is 0 Å². The minimum Gasteiger partial charge on any atom is -0.366 e. The van der Waals surface area contributed by atoms with Gasteiger partial charge in [-0.15, -0.1) is 0 Å². The number of aromatic nitrogens is 1. The van der Waals surface area contributed by atoms with E-state index in [1.54, 1.807) is 6.07 Å². The van der Waals surface area contributed by atoms with E-state index in [0.717, 1.165) is 61.3 Å². The van der Waals surface area contributed by atoms with E-state index in [2.05, 4.69) is 16.4 Å². The molecule has 26 heavy (non-hydrogen) atoms. The van der Waals surface area contributed by atoms with Gasteiger partial charge in [0.1, 0.15) is 5.82 Å². The molecule has 0 aliphatic rings. The topological polar surface area (TPSA) is 51.3 Å². The first-order valence-corrected chi connectivity index (χ1v) is 9.29. The van der Waals surface area contributed by atoms with Crippen molar-refractivity contribution in [2.45, 2.75) is 46.1 Å². The van der Waals surface area contributed by atoms with Crippen LogP contribution in [0.2, 0.25) is 0 Å². The normalized spacial score (nSPS) is 11.3. The molecular formula is C21H30FN3O. The summed E-state index contributed by atoms with van der Waals surface area (Å²) >= 11 is 0. The summed E-state index contributed by atoms with van der Waals surface area (Å²) in [5.41, 5.74) is 9.73. The largest absolute Gasteiger partial charge is 0.366 e. The highest BCUT2D eigenvalue weighted by molar-refractivity contribution is 6.02. The number of benzene rings is 1. The molecule has 2 aromatic rings. The zero-order valence-corrected chi connectivity index (χ0v) is 16.3. The van der Waals surface area contributed by atoms with Crippen molar-refractivity contribution in [3.05, 3.63) is 47.0 Å². The SMILES string of the molecule is CCCCc1c(-c2cccc(F)c2)c(C(N)=O)c(C)n1CCCN(C)C. The second-order valence-electron chi connectivity index (χ2n) is 7.07. The number of primary amides is 1. The lowest BCUT2D eigenvalue weighted by molar-refractivity contribution is 0.1000. The second-order valence-corrected chi connectivity index (χ2v) is 7.07. The fourth-order valence-corrected chi connectivity index (χ4v) is 3.51. The molecule has 0 aliphatic heterocycles. The third kappa shape index (κ3) is 4.52. The molecule has 0 fully saturated rings. The van der Waals surface area contributed by atoms with Gasteiger partial charge in [-0.05, 0) is 64.5 Å². The van der Waals surface area contributed by atoms with E-state index in [1.807, 2.05) is 27.1 Å². The fourth-order valence-electron chi connectivity index (χ4n) is 3.51. The molecule has 0 bridgehead atoms. The standard InChI is InChI=1S/C21H30FN3O/c1-5-6-11-18-20(16-9-7-10-17(22)14-16)19(21(23)26)15(2)25(18)13-8-12-24(3)4/h7,9-10,14H,5-6,8,11-13H2,1-4H3,(H2,23,26). The van der Waals surface area contributed by atoms with Crippen LogP contribution in [-0.4, -0.2) is 36.0 Å². The van der Waals surface area contributed by atoms with Gasteiger partial charge in [-0.25, -0.2) is 4.39 Å². The third-order valence-corrected chi connectivity index (χ3v) is 4.74. The van der Waals surface area contributed by atoms with E-state index in [-0.39, 0.29) is 5.82 Å². The number of hydrogen-bond donors (Lipinski definition) is 1. The van der Waals surface area contributed by atoms with Crippen LogP contribution in [0.5, 0.6) is 0 Å². The lowest BCUT2D eigenvalue weighted by Gasteiger charge is -2.15. The van der Waals surface area contributed by atoms with Crippen LogP contribution in [0.4, 0.5) is 4.39 Å². The molecule has 1 aromatic carbocycles. The first-order valence-electron chi connectivity index (χ1n) is 9.29. The van der Waals surface area contributed by atoms with E-state index in [9.17, 15) is 9.18 Å². The smallest absolute Gasteiger partial charge is 0.251 e. The van der Waals surface area contributed by atoms with Crippen LogP contribution in [0.25, 0.3) is 11.1 Å². The lowest BCUT2D eigenvalue weighted by Crippen LogP contribution is -2.17. The Kier molecular flexibility index (Phi) is 6.98. The van der Waals surface area contributed by atoms with E-state index in [0.29, 0.717) is 5.56 Å². The van der Waals surface area contributed by atoms with Crippen LogP contribution >= 0.6 is 0 Å². The highest BCUT2D eigenvalue weighted by Gasteiger charge is 2.24. The maximum atomic E-state index is 13.8. The van der Waals surface area contributed by atoms with Crippen LogP contribution in [0, 0.1) is 12.7 Å². The number of halogens is 1. The van der Waals surface area contributed by atoms with Crippen molar-refractivity contribution in [1.82, 2.24) is 9.47 Å². The van der Waals surface area contributed by atoms with Gasteiger partial charge in [0.2, 0.25) is 0 Å². The zero-order chi connectivity index (χ0) is 19.3. The molecule has 1 heterocycles. The van der Waals surface area contributed by atoms with Gasteiger partial charge in [0.05, 0.1) is 5.56 Å². The first kappa shape index (κ1) is 20.2. The Morgan fingerprint density at radius 3 is 2.58 bits per heavy atom. The van der Waals surface area contributed by atoms with Gasteiger partial charge in [-0.1, -0.05) is 25.5 Å². The average molecular weight is 359 g/mol. The highest BCUT2D eigenvalue weighted by atomic mass is 19.1. The Morgan fingerprint density at radius 1 is 1.27 bits per heavy atom. The van der Waals surface area contributed by atoms with E-state index in [1.165, 1.54) is 12.1 Å². The van der Waals surface area contributed by atoms with Crippen molar-refractivity contribution in [3.63, 3.8) is 0 Å². The van der Waals surface area contributed by atoms with E-state index >= 15 is 0 Å². The Labute approximate surface area is 155 Å². The molecular weight excluding hydrogens is 329 g/mol. The monoisotopic (exact) mass is 359 g/mol. The van der Waals surface area contributed by atoms with Gasteiger partial charge in [0.15, 0.2) is 0 Å². The van der Waals surface area contributed by atoms with Crippen molar-refractivity contribution in [3.8, 4) is 11.1 Å². The maximum absolute atomic E-state index is 13.8. The maximum Gasteiger partial charge on any atom is 0.251 e. The van der Waals surface area contributed by atoms with Gasteiger partial charge in [-0.3, -0.25) is 4.79 Å². The second kappa shape index (κ2) is 8.99. The molecule has 0 atom stereocenters. The molecule has 1 aromatic heterocycles. The molecule has 0 aliphatic carbocycles. The number of nitrogens with zero attached hydrogens (tertiary/aromatic N) is 2. The number of carbonyl (C=O) groups excluding carboxylic acids is 1. The first-order chi connectivity index (χ1) is 12.4. The number of amides is 1. The Hall–Kier alpha value is -2.14. The van der Waals surface area contributed by atoms with Crippen molar-refractivity contribution < 1.29 is 9.18 Å². The number of nitrogens with two attached hydrogens (primary N) is 1.